The van der Waals surface area contributed by atoms with Crippen LogP contribution in [0, 0.1) is 12.8 Å². The van der Waals surface area contributed by atoms with E-state index >= 15 is 0 Å². The zero-order valence-corrected chi connectivity index (χ0v) is 14.0. The number of sulfonamides is 1. The van der Waals surface area contributed by atoms with E-state index in [-0.39, 0.29) is 12.5 Å². The Bertz CT molecular complexity index is 730. The average molecular weight is 339 g/mol. The SMILES string of the molecule is Cc1c(NC(=O)[C@@H]2CCCN(S(C)(=O)=O)C2)cccc1C(N)=O. The maximum atomic E-state index is 12.4. The molecule has 8 heteroatoms. The molecule has 1 fully saturated rings. The van der Waals surface area contributed by atoms with E-state index in [2.05, 4.69) is 5.32 Å². The van der Waals surface area contributed by atoms with E-state index < -0.39 is 21.8 Å². The molecule has 2 amide bonds. The first-order chi connectivity index (χ1) is 10.7. The highest BCUT2D eigenvalue weighted by Crippen LogP contribution is 2.23. The van der Waals surface area contributed by atoms with Crippen molar-refractivity contribution in [3.8, 4) is 0 Å². The summed E-state index contributed by atoms with van der Waals surface area (Å²) in [5.74, 6) is -1.21. The van der Waals surface area contributed by atoms with Crippen molar-refractivity contribution in [2.45, 2.75) is 19.8 Å². The molecule has 0 radical (unpaired) electrons. The van der Waals surface area contributed by atoms with Crippen molar-refractivity contribution in [1.82, 2.24) is 4.31 Å². The molecule has 0 bridgehead atoms. The van der Waals surface area contributed by atoms with Crippen molar-refractivity contribution >= 4 is 27.5 Å². The Morgan fingerprint density at radius 2 is 2.04 bits per heavy atom. The number of nitrogens with two attached hydrogens (primary N) is 1. The Hall–Kier alpha value is -1.93. The predicted molar refractivity (Wildman–Crippen MR) is 87.5 cm³/mol. The fourth-order valence-corrected chi connectivity index (χ4v) is 3.64. The number of primary amides is 1. The predicted octanol–water partition coefficient (Wildman–Crippen LogP) is 0.704. The lowest BCUT2D eigenvalue weighted by atomic mass is 9.98. The molecular formula is C15H21N3O4S. The summed E-state index contributed by atoms with van der Waals surface area (Å²) in [4.78, 5) is 23.8. The van der Waals surface area contributed by atoms with Gasteiger partial charge in [0.25, 0.3) is 0 Å². The van der Waals surface area contributed by atoms with Crippen LogP contribution in [0.15, 0.2) is 18.2 Å². The first kappa shape index (κ1) is 17.4. The lowest BCUT2D eigenvalue weighted by Gasteiger charge is -2.30. The summed E-state index contributed by atoms with van der Waals surface area (Å²) in [5, 5.41) is 2.78. The van der Waals surface area contributed by atoms with Gasteiger partial charge in [0.15, 0.2) is 0 Å². The third-order valence-electron chi connectivity index (χ3n) is 4.08. The molecular weight excluding hydrogens is 318 g/mol. The van der Waals surface area contributed by atoms with Crippen LogP contribution >= 0.6 is 0 Å². The second kappa shape index (κ2) is 6.67. The van der Waals surface area contributed by atoms with Gasteiger partial charge in [0.2, 0.25) is 21.8 Å². The Balaban J connectivity index is 2.13. The minimum atomic E-state index is -3.30. The lowest BCUT2D eigenvalue weighted by Crippen LogP contribution is -2.43. The minimum absolute atomic E-state index is 0.180. The number of nitrogens with zero attached hydrogens (tertiary/aromatic N) is 1. The molecule has 126 valence electrons. The number of benzene rings is 1. The smallest absolute Gasteiger partial charge is 0.249 e. The van der Waals surface area contributed by atoms with Crippen LogP contribution in [0.1, 0.15) is 28.8 Å². The fourth-order valence-electron chi connectivity index (χ4n) is 2.73. The first-order valence-corrected chi connectivity index (χ1v) is 9.20. The molecule has 0 aromatic heterocycles. The van der Waals surface area contributed by atoms with Gasteiger partial charge >= 0.3 is 0 Å². The van der Waals surface area contributed by atoms with E-state index in [9.17, 15) is 18.0 Å². The highest BCUT2D eigenvalue weighted by Gasteiger charge is 2.30. The maximum absolute atomic E-state index is 12.4. The first-order valence-electron chi connectivity index (χ1n) is 7.35. The Morgan fingerprint density at radius 3 is 2.65 bits per heavy atom. The highest BCUT2D eigenvalue weighted by atomic mass is 32.2. The van der Waals surface area contributed by atoms with E-state index in [1.54, 1.807) is 25.1 Å². The van der Waals surface area contributed by atoms with E-state index in [0.717, 1.165) is 6.26 Å². The quantitative estimate of drug-likeness (QED) is 0.841. The van der Waals surface area contributed by atoms with E-state index in [1.807, 2.05) is 0 Å². The van der Waals surface area contributed by atoms with Crippen LogP contribution in [0.5, 0.6) is 0 Å². The van der Waals surface area contributed by atoms with Crippen LogP contribution in [-0.4, -0.2) is 43.9 Å². The molecule has 0 unspecified atom stereocenters. The van der Waals surface area contributed by atoms with Gasteiger partial charge in [-0.1, -0.05) is 6.07 Å². The summed E-state index contributed by atoms with van der Waals surface area (Å²) in [6, 6.07) is 4.93. The Morgan fingerprint density at radius 1 is 1.35 bits per heavy atom. The summed E-state index contributed by atoms with van der Waals surface area (Å²) in [6.45, 7) is 2.33. The largest absolute Gasteiger partial charge is 0.366 e. The van der Waals surface area contributed by atoms with Crippen LogP contribution in [0.4, 0.5) is 5.69 Å². The van der Waals surface area contributed by atoms with Gasteiger partial charge in [-0.3, -0.25) is 9.59 Å². The van der Waals surface area contributed by atoms with Crippen molar-refractivity contribution in [3.63, 3.8) is 0 Å². The summed E-state index contributed by atoms with van der Waals surface area (Å²) in [6.07, 6.45) is 2.42. The van der Waals surface area contributed by atoms with Gasteiger partial charge in [-0.2, -0.15) is 0 Å². The molecule has 1 aliphatic rings. The van der Waals surface area contributed by atoms with Gasteiger partial charge in [-0.05, 0) is 37.5 Å². The topological polar surface area (TPSA) is 110 Å². The summed E-state index contributed by atoms with van der Waals surface area (Å²) < 4.78 is 24.6. The monoisotopic (exact) mass is 339 g/mol. The van der Waals surface area contributed by atoms with Crippen molar-refractivity contribution in [2.24, 2.45) is 11.7 Å². The maximum Gasteiger partial charge on any atom is 0.249 e. The van der Waals surface area contributed by atoms with Crippen LogP contribution in [0.2, 0.25) is 0 Å². The standard InChI is InChI=1S/C15H21N3O4S/c1-10-12(14(16)19)6-3-7-13(10)17-15(20)11-5-4-8-18(9-11)23(2,21)22/h3,6-7,11H,4-5,8-9H2,1-2H3,(H2,16,19)(H,17,20)/t11-/m1/s1. The molecule has 7 nitrogen and oxygen atoms in total. The summed E-state index contributed by atoms with van der Waals surface area (Å²) in [5.41, 5.74) is 6.77. The van der Waals surface area contributed by atoms with Gasteiger partial charge in [0.05, 0.1) is 12.2 Å². The van der Waals surface area contributed by atoms with Gasteiger partial charge in [0, 0.05) is 24.3 Å². The molecule has 23 heavy (non-hydrogen) atoms. The fraction of sp³-hybridized carbons (Fsp3) is 0.467. The van der Waals surface area contributed by atoms with Gasteiger partial charge < -0.3 is 11.1 Å². The number of piperidine rings is 1. The summed E-state index contributed by atoms with van der Waals surface area (Å²) >= 11 is 0. The minimum Gasteiger partial charge on any atom is -0.366 e. The zero-order chi connectivity index (χ0) is 17.2. The molecule has 1 saturated heterocycles. The second-order valence-corrected chi connectivity index (χ2v) is 7.77. The van der Waals surface area contributed by atoms with E-state index in [1.165, 1.54) is 4.31 Å². The van der Waals surface area contributed by atoms with Gasteiger partial charge in [0.1, 0.15) is 0 Å². The molecule has 1 aromatic carbocycles. The van der Waals surface area contributed by atoms with E-state index in [0.29, 0.717) is 36.2 Å². The molecule has 0 spiro atoms. The molecule has 3 N–H and O–H groups in total. The average Bonchev–Trinajstić information content (AvgIpc) is 2.48. The highest BCUT2D eigenvalue weighted by molar-refractivity contribution is 7.88. The van der Waals surface area contributed by atoms with Gasteiger partial charge in [-0.15, -0.1) is 0 Å². The number of rotatable bonds is 4. The number of amides is 2. The van der Waals surface area contributed by atoms with Crippen LogP contribution in [0.3, 0.4) is 0 Å². The van der Waals surface area contributed by atoms with Crippen LogP contribution < -0.4 is 11.1 Å². The second-order valence-electron chi connectivity index (χ2n) is 5.79. The van der Waals surface area contributed by atoms with Crippen LogP contribution in [-0.2, 0) is 14.8 Å². The summed E-state index contributed by atoms with van der Waals surface area (Å²) in [7, 11) is -3.30. The molecule has 0 saturated carbocycles. The molecule has 1 aromatic rings. The number of hydrogen-bond donors (Lipinski definition) is 2. The van der Waals surface area contributed by atoms with Crippen molar-refractivity contribution in [1.29, 1.82) is 0 Å². The normalized spacial score (nSPS) is 19.3. The third-order valence-corrected chi connectivity index (χ3v) is 5.35. The van der Waals surface area contributed by atoms with Crippen molar-refractivity contribution in [3.05, 3.63) is 29.3 Å². The van der Waals surface area contributed by atoms with Crippen molar-refractivity contribution in [2.75, 3.05) is 24.7 Å². The third kappa shape index (κ3) is 4.08. The number of hydrogen-bond acceptors (Lipinski definition) is 4. The molecule has 1 atom stereocenters. The number of carbonyl (C=O) groups excluding carboxylic acids is 2. The van der Waals surface area contributed by atoms with E-state index in [4.69, 9.17) is 5.73 Å². The Labute approximate surface area is 135 Å². The number of nitrogens with one attached hydrogen (secondary N) is 1. The van der Waals surface area contributed by atoms with Crippen molar-refractivity contribution < 1.29 is 18.0 Å². The molecule has 0 aliphatic carbocycles. The molecule has 1 heterocycles. The molecule has 1 aliphatic heterocycles. The molecule has 2 rings (SSSR count). The number of carbonyl (C=O) groups is 2. The van der Waals surface area contributed by atoms with Gasteiger partial charge in [-0.25, -0.2) is 12.7 Å². The Kier molecular flexibility index (Phi) is 5.06. The number of anilines is 1. The van der Waals surface area contributed by atoms with Crippen LogP contribution in [0.25, 0.3) is 0 Å². The zero-order valence-electron chi connectivity index (χ0n) is 13.2. The lowest BCUT2D eigenvalue weighted by molar-refractivity contribution is -0.120.